The maximum Gasteiger partial charge on any atom is 0.234 e. The molecule has 1 amide bonds. The number of rotatable bonds is 7. The van der Waals surface area contributed by atoms with Gasteiger partial charge in [0, 0.05) is 19.7 Å². The molecule has 1 aromatic carbocycles. The minimum atomic E-state index is -0.0461. The van der Waals surface area contributed by atoms with Gasteiger partial charge in [-0.05, 0) is 25.6 Å². The third kappa shape index (κ3) is 5.67. The summed E-state index contributed by atoms with van der Waals surface area (Å²) in [7, 11) is 3.47. The Morgan fingerprint density at radius 3 is 2.80 bits per heavy atom. The largest absolute Gasteiger partial charge is 0.383 e. The molecule has 1 N–H and O–H groups in total. The van der Waals surface area contributed by atoms with Crippen LogP contribution >= 0.6 is 23.2 Å². The SMILES string of the molecule is COC[C@H](C)NC(=O)CN(C)Cc1cccc(Cl)c1Cl. The van der Waals surface area contributed by atoms with Crippen LogP contribution in [0, 0.1) is 0 Å². The summed E-state index contributed by atoms with van der Waals surface area (Å²) in [6, 6.07) is 5.48. The van der Waals surface area contributed by atoms with Crippen molar-refractivity contribution >= 4 is 29.1 Å². The van der Waals surface area contributed by atoms with Gasteiger partial charge in [-0.15, -0.1) is 0 Å². The van der Waals surface area contributed by atoms with E-state index < -0.39 is 0 Å². The maximum absolute atomic E-state index is 11.8. The Morgan fingerprint density at radius 1 is 1.45 bits per heavy atom. The van der Waals surface area contributed by atoms with Gasteiger partial charge in [-0.3, -0.25) is 9.69 Å². The molecule has 0 unspecified atom stereocenters. The summed E-state index contributed by atoms with van der Waals surface area (Å²) in [4.78, 5) is 13.7. The smallest absolute Gasteiger partial charge is 0.234 e. The molecule has 1 atom stereocenters. The molecule has 0 aliphatic rings. The van der Waals surface area contributed by atoms with E-state index in [1.165, 1.54) is 0 Å². The van der Waals surface area contributed by atoms with Gasteiger partial charge in [-0.2, -0.15) is 0 Å². The van der Waals surface area contributed by atoms with Crippen LogP contribution in [0.1, 0.15) is 12.5 Å². The van der Waals surface area contributed by atoms with E-state index in [-0.39, 0.29) is 18.5 Å². The van der Waals surface area contributed by atoms with Gasteiger partial charge in [0.1, 0.15) is 0 Å². The summed E-state index contributed by atoms with van der Waals surface area (Å²) < 4.78 is 4.97. The number of carbonyl (C=O) groups is 1. The number of nitrogens with zero attached hydrogens (tertiary/aromatic N) is 1. The highest BCUT2D eigenvalue weighted by Gasteiger charge is 2.12. The predicted octanol–water partition coefficient (Wildman–Crippen LogP) is 2.58. The summed E-state index contributed by atoms with van der Waals surface area (Å²) in [6.07, 6.45) is 0. The Balaban J connectivity index is 2.49. The highest BCUT2D eigenvalue weighted by atomic mass is 35.5. The molecule has 1 rings (SSSR count). The highest BCUT2D eigenvalue weighted by molar-refractivity contribution is 6.42. The number of methoxy groups -OCH3 is 1. The van der Waals surface area contributed by atoms with E-state index in [0.29, 0.717) is 23.2 Å². The number of halogens is 2. The molecule has 0 bridgehead atoms. The lowest BCUT2D eigenvalue weighted by Gasteiger charge is -2.19. The topological polar surface area (TPSA) is 41.6 Å². The van der Waals surface area contributed by atoms with E-state index in [0.717, 1.165) is 5.56 Å². The highest BCUT2D eigenvalue weighted by Crippen LogP contribution is 2.26. The summed E-state index contributed by atoms with van der Waals surface area (Å²) in [6.45, 7) is 3.24. The lowest BCUT2D eigenvalue weighted by molar-refractivity contribution is -0.123. The van der Waals surface area contributed by atoms with Gasteiger partial charge in [0.2, 0.25) is 5.91 Å². The van der Waals surface area contributed by atoms with Crippen LogP contribution in [0.2, 0.25) is 10.0 Å². The van der Waals surface area contributed by atoms with Crippen molar-refractivity contribution in [3.8, 4) is 0 Å². The Kier molecular flexibility index (Phi) is 7.30. The summed E-state index contributed by atoms with van der Waals surface area (Å²) in [5, 5.41) is 3.92. The molecular weight excluding hydrogens is 299 g/mol. The normalized spacial score (nSPS) is 12.5. The average Bonchev–Trinajstić information content (AvgIpc) is 2.34. The fraction of sp³-hybridized carbons (Fsp3) is 0.500. The number of likely N-dealkylation sites (N-methyl/N-ethyl adjacent to an activating group) is 1. The number of nitrogens with one attached hydrogen (secondary N) is 1. The van der Waals surface area contributed by atoms with Crippen LogP contribution < -0.4 is 5.32 Å². The van der Waals surface area contributed by atoms with Gasteiger partial charge in [0.25, 0.3) is 0 Å². The zero-order valence-electron chi connectivity index (χ0n) is 12.0. The molecule has 0 saturated carbocycles. The summed E-state index contributed by atoms with van der Waals surface area (Å²) in [5.74, 6) is -0.0461. The average molecular weight is 319 g/mol. The van der Waals surface area contributed by atoms with Gasteiger partial charge >= 0.3 is 0 Å². The number of hydrogen-bond acceptors (Lipinski definition) is 3. The fourth-order valence-electron chi connectivity index (χ4n) is 1.87. The fourth-order valence-corrected chi connectivity index (χ4v) is 2.25. The molecular formula is C14H20Cl2N2O2. The van der Waals surface area contributed by atoms with Crippen molar-refractivity contribution in [2.45, 2.75) is 19.5 Å². The lowest BCUT2D eigenvalue weighted by Crippen LogP contribution is -2.41. The molecule has 4 nitrogen and oxygen atoms in total. The van der Waals surface area contributed by atoms with Crippen LogP contribution in [0.3, 0.4) is 0 Å². The second-order valence-electron chi connectivity index (χ2n) is 4.81. The van der Waals surface area contributed by atoms with Crippen molar-refractivity contribution in [2.24, 2.45) is 0 Å². The molecule has 0 spiro atoms. The van der Waals surface area contributed by atoms with Crippen LogP contribution in [-0.2, 0) is 16.1 Å². The Hall–Kier alpha value is -0.810. The predicted molar refractivity (Wildman–Crippen MR) is 82.3 cm³/mol. The number of amides is 1. The standard InChI is InChI=1S/C14H20Cl2N2O2/c1-10(9-20-3)17-13(19)8-18(2)7-11-5-4-6-12(15)14(11)16/h4-6,10H,7-9H2,1-3H3,(H,17,19)/t10-/m0/s1. The molecule has 6 heteroatoms. The van der Waals surface area contributed by atoms with Gasteiger partial charge in [0.15, 0.2) is 0 Å². The number of hydrogen-bond donors (Lipinski definition) is 1. The first-order chi connectivity index (χ1) is 9.43. The van der Waals surface area contributed by atoms with E-state index >= 15 is 0 Å². The Bertz CT molecular complexity index is 455. The zero-order chi connectivity index (χ0) is 15.1. The van der Waals surface area contributed by atoms with E-state index in [2.05, 4.69) is 5.32 Å². The van der Waals surface area contributed by atoms with Gasteiger partial charge in [-0.1, -0.05) is 35.3 Å². The maximum atomic E-state index is 11.8. The molecule has 112 valence electrons. The molecule has 0 aliphatic heterocycles. The van der Waals surface area contributed by atoms with Crippen molar-refractivity contribution < 1.29 is 9.53 Å². The van der Waals surface area contributed by atoms with E-state index in [1.54, 1.807) is 13.2 Å². The van der Waals surface area contributed by atoms with E-state index in [1.807, 2.05) is 31.0 Å². The first kappa shape index (κ1) is 17.2. The van der Waals surface area contributed by atoms with Crippen molar-refractivity contribution in [1.29, 1.82) is 0 Å². The van der Waals surface area contributed by atoms with Crippen molar-refractivity contribution in [3.05, 3.63) is 33.8 Å². The molecule has 0 aliphatic carbocycles. The molecule has 0 radical (unpaired) electrons. The molecule has 0 aromatic heterocycles. The van der Waals surface area contributed by atoms with Crippen molar-refractivity contribution in [3.63, 3.8) is 0 Å². The van der Waals surface area contributed by atoms with Crippen LogP contribution in [0.25, 0.3) is 0 Å². The third-order valence-corrected chi connectivity index (χ3v) is 3.57. The molecule has 0 saturated heterocycles. The van der Waals surface area contributed by atoms with E-state index in [4.69, 9.17) is 27.9 Å². The zero-order valence-corrected chi connectivity index (χ0v) is 13.5. The quantitative estimate of drug-likeness (QED) is 0.840. The van der Waals surface area contributed by atoms with Crippen LogP contribution in [-0.4, -0.2) is 44.2 Å². The van der Waals surface area contributed by atoms with Gasteiger partial charge < -0.3 is 10.1 Å². The van der Waals surface area contributed by atoms with Gasteiger partial charge in [-0.25, -0.2) is 0 Å². The molecule has 0 fully saturated rings. The summed E-state index contributed by atoms with van der Waals surface area (Å²) in [5.41, 5.74) is 0.902. The minimum Gasteiger partial charge on any atom is -0.383 e. The minimum absolute atomic E-state index is 0.00402. The number of ether oxygens (including phenoxy) is 1. The third-order valence-electron chi connectivity index (χ3n) is 2.71. The second kappa shape index (κ2) is 8.47. The van der Waals surface area contributed by atoms with Crippen molar-refractivity contribution in [1.82, 2.24) is 10.2 Å². The molecule has 0 heterocycles. The van der Waals surface area contributed by atoms with Crippen LogP contribution in [0.4, 0.5) is 0 Å². The Labute approximate surface area is 130 Å². The number of benzene rings is 1. The molecule has 1 aromatic rings. The first-order valence-corrected chi connectivity index (χ1v) is 7.09. The Morgan fingerprint density at radius 2 is 2.15 bits per heavy atom. The monoisotopic (exact) mass is 318 g/mol. The van der Waals surface area contributed by atoms with Crippen LogP contribution in [0.15, 0.2) is 18.2 Å². The van der Waals surface area contributed by atoms with Crippen LogP contribution in [0.5, 0.6) is 0 Å². The molecule has 20 heavy (non-hydrogen) atoms. The van der Waals surface area contributed by atoms with Gasteiger partial charge in [0.05, 0.1) is 23.2 Å². The van der Waals surface area contributed by atoms with E-state index in [9.17, 15) is 4.79 Å². The second-order valence-corrected chi connectivity index (χ2v) is 5.59. The first-order valence-electron chi connectivity index (χ1n) is 6.33. The van der Waals surface area contributed by atoms with Crippen molar-refractivity contribution in [2.75, 3.05) is 27.3 Å². The lowest BCUT2D eigenvalue weighted by atomic mass is 10.2. The summed E-state index contributed by atoms with van der Waals surface area (Å²) >= 11 is 12.1. The number of carbonyl (C=O) groups excluding carboxylic acids is 1.